The molecule has 0 aliphatic carbocycles. The van der Waals surface area contributed by atoms with Gasteiger partial charge in [-0.05, 0) is 6.92 Å². The van der Waals surface area contributed by atoms with Gasteiger partial charge in [0.05, 0.1) is 12.6 Å². The summed E-state index contributed by atoms with van der Waals surface area (Å²) in [6.45, 7) is 1.68. The molecule has 16 heavy (non-hydrogen) atoms. The number of hydrogen-bond acceptors (Lipinski definition) is 6. The van der Waals surface area contributed by atoms with Crippen molar-refractivity contribution in [1.29, 1.82) is 0 Å². The third-order valence-corrected chi connectivity index (χ3v) is 2.90. The van der Waals surface area contributed by atoms with E-state index >= 15 is 0 Å². The molecular weight excluding hydrogens is 214 g/mol. The van der Waals surface area contributed by atoms with Crippen molar-refractivity contribution in [2.75, 3.05) is 13.2 Å². The molecule has 0 aromatic rings. The lowest BCUT2D eigenvalue weighted by atomic mass is 9.93. The maximum Gasteiger partial charge on any atom is 0.136 e. The predicted molar refractivity (Wildman–Crippen MR) is 56.4 cm³/mol. The zero-order chi connectivity index (χ0) is 12.3. The van der Waals surface area contributed by atoms with Gasteiger partial charge in [-0.1, -0.05) is 12.2 Å². The van der Waals surface area contributed by atoms with Crippen molar-refractivity contribution >= 4 is 0 Å². The van der Waals surface area contributed by atoms with E-state index in [1.807, 2.05) is 0 Å². The summed E-state index contributed by atoms with van der Waals surface area (Å²) in [5, 5.41) is 47.4. The van der Waals surface area contributed by atoms with Gasteiger partial charge < -0.3 is 25.5 Å². The number of hydrogen-bond donors (Lipinski definition) is 5. The lowest BCUT2D eigenvalue weighted by molar-refractivity contribution is -0.219. The van der Waals surface area contributed by atoms with Crippen molar-refractivity contribution in [2.24, 2.45) is 0 Å². The molecule has 0 aromatic heterocycles. The highest BCUT2D eigenvalue weighted by molar-refractivity contribution is 4.98. The van der Waals surface area contributed by atoms with Gasteiger partial charge in [-0.2, -0.15) is 0 Å². The van der Waals surface area contributed by atoms with Crippen LogP contribution in [-0.2, 0) is 0 Å². The number of likely N-dealkylation sites (tertiary alicyclic amines) is 1. The number of allylic oxidation sites excluding steroid dienone is 1. The van der Waals surface area contributed by atoms with Crippen LogP contribution in [0.3, 0.4) is 0 Å². The van der Waals surface area contributed by atoms with E-state index in [4.69, 9.17) is 5.11 Å². The van der Waals surface area contributed by atoms with E-state index in [1.165, 1.54) is 4.90 Å². The van der Waals surface area contributed by atoms with Crippen LogP contribution in [-0.4, -0.2) is 74.2 Å². The van der Waals surface area contributed by atoms with E-state index in [0.717, 1.165) is 0 Å². The Morgan fingerprint density at radius 1 is 1.06 bits per heavy atom. The van der Waals surface area contributed by atoms with Crippen molar-refractivity contribution in [2.45, 2.75) is 37.5 Å². The summed E-state index contributed by atoms with van der Waals surface area (Å²) in [6, 6.07) is -0.787. The van der Waals surface area contributed by atoms with Gasteiger partial charge in [-0.15, -0.1) is 0 Å². The molecule has 1 fully saturated rings. The highest BCUT2D eigenvalue weighted by Gasteiger charge is 2.46. The highest BCUT2D eigenvalue weighted by atomic mass is 16.4. The Morgan fingerprint density at radius 3 is 2.19 bits per heavy atom. The first kappa shape index (κ1) is 13.6. The second kappa shape index (κ2) is 5.72. The van der Waals surface area contributed by atoms with Gasteiger partial charge in [-0.3, -0.25) is 4.90 Å². The van der Waals surface area contributed by atoms with Crippen molar-refractivity contribution in [3.8, 4) is 0 Å². The Morgan fingerprint density at radius 2 is 1.69 bits per heavy atom. The third-order valence-electron chi connectivity index (χ3n) is 2.90. The highest BCUT2D eigenvalue weighted by Crippen LogP contribution is 2.22. The van der Waals surface area contributed by atoms with E-state index < -0.39 is 37.2 Å². The molecule has 0 saturated carbocycles. The molecule has 1 aliphatic rings. The second-order valence-electron chi connectivity index (χ2n) is 3.90. The lowest BCUT2D eigenvalue weighted by Crippen LogP contribution is -2.67. The molecule has 1 aliphatic heterocycles. The Kier molecular flexibility index (Phi) is 4.85. The van der Waals surface area contributed by atoms with Crippen molar-refractivity contribution in [1.82, 2.24) is 4.90 Å². The summed E-state index contributed by atoms with van der Waals surface area (Å²) >= 11 is 0. The van der Waals surface area contributed by atoms with Crippen molar-refractivity contribution in [3.05, 3.63) is 12.2 Å². The molecule has 0 aromatic carbocycles. The van der Waals surface area contributed by atoms with Gasteiger partial charge in [0.2, 0.25) is 0 Å². The molecule has 94 valence electrons. The van der Waals surface area contributed by atoms with Crippen LogP contribution in [0.25, 0.3) is 0 Å². The summed E-state index contributed by atoms with van der Waals surface area (Å²) < 4.78 is 0. The maximum absolute atomic E-state index is 9.71. The van der Waals surface area contributed by atoms with Gasteiger partial charge >= 0.3 is 0 Å². The summed E-state index contributed by atoms with van der Waals surface area (Å²) in [5.41, 5.74) is 0. The van der Waals surface area contributed by atoms with Gasteiger partial charge in [0.1, 0.15) is 24.5 Å². The molecule has 1 heterocycles. The Balaban J connectivity index is 2.84. The van der Waals surface area contributed by atoms with E-state index in [-0.39, 0.29) is 6.54 Å². The topological polar surface area (TPSA) is 104 Å². The van der Waals surface area contributed by atoms with E-state index in [0.29, 0.717) is 0 Å². The fourth-order valence-corrected chi connectivity index (χ4v) is 1.88. The summed E-state index contributed by atoms with van der Waals surface area (Å²) in [7, 11) is 0. The third kappa shape index (κ3) is 2.42. The number of aliphatic hydroxyl groups is 5. The standard InChI is InChI=1S/C10H19NO5/c1-2-3-4-11-6(5-12)7(13)8(14)9(15)10(11)16/h2-3,6-10,12-16H,4-5H2,1H3/b3-2+/t6-,7-,8+,9-,10?/m1/s1. The smallest absolute Gasteiger partial charge is 0.136 e. The van der Waals surface area contributed by atoms with Gasteiger partial charge in [-0.25, -0.2) is 0 Å². The van der Waals surface area contributed by atoms with E-state index in [2.05, 4.69) is 0 Å². The van der Waals surface area contributed by atoms with Gasteiger partial charge in [0.25, 0.3) is 0 Å². The minimum atomic E-state index is -1.45. The van der Waals surface area contributed by atoms with Crippen LogP contribution in [0.15, 0.2) is 12.2 Å². The van der Waals surface area contributed by atoms with Crippen LogP contribution in [0.2, 0.25) is 0 Å². The molecule has 1 rings (SSSR count). The van der Waals surface area contributed by atoms with Crippen molar-refractivity contribution in [3.63, 3.8) is 0 Å². The average Bonchev–Trinajstić information content (AvgIpc) is 2.29. The molecule has 5 N–H and O–H groups in total. The second-order valence-corrected chi connectivity index (χ2v) is 3.90. The average molecular weight is 233 g/mol. The molecular formula is C10H19NO5. The van der Waals surface area contributed by atoms with Crippen LogP contribution in [0.1, 0.15) is 6.92 Å². The lowest BCUT2D eigenvalue weighted by Gasteiger charge is -2.46. The first-order chi connectivity index (χ1) is 7.54. The monoisotopic (exact) mass is 233 g/mol. The predicted octanol–water partition coefficient (Wildman–Crippen LogP) is -2.36. The molecule has 5 atom stereocenters. The van der Waals surface area contributed by atoms with E-state index in [1.54, 1.807) is 19.1 Å². The maximum atomic E-state index is 9.71. The first-order valence-corrected chi connectivity index (χ1v) is 5.24. The van der Waals surface area contributed by atoms with Crippen LogP contribution in [0.4, 0.5) is 0 Å². The Hall–Kier alpha value is -0.500. The Bertz CT molecular complexity index is 247. The minimum absolute atomic E-state index is 0.281. The summed E-state index contributed by atoms with van der Waals surface area (Å²) in [5.74, 6) is 0. The van der Waals surface area contributed by atoms with Crippen LogP contribution in [0, 0.1) is 0 Å². The molecule has 6 heteroatoms. The summed E-state index contributed by atoms with van der Waals surface area (Å²) in [4.78, 5) is 1.35. The minimum Gasteiger partial charge on any atom is -0.395 e. The zero-order valence-electron chi connectivity index (χ0n) is 9.14. The van der Waals surface area contributed by atoms with Crippen LogP contribution < -0.4 is 0 Å². The molecule has 6 nitrogen and oxygen atoms in total. The van der Waals surface area contributed by atoms with Crippen LogP contribution in [0.5, 0.6) is 0 Å². The number of piperidine rings is 1. The van der Waals surface area contributed by atoms with Crippen molar-refractivity contribution < 1.29 is 25.5 Å². The fourth-order valence-electron chi connectivity index (χ4n) is 1.88. The normalized spacial score (nSPS) is 41.8. The Labute approximate surface area is 94.1 Å². The number of nitrogens with zero attached hydrogens (tertiary/aromatic N) is 1. The van der Waals surface area contributed by atoms with E-state index in [9.17, 15) is 20.4 Å². The number of rotatable bonds is 3. The number of aliphatic hydroxyl groups excluding tert-OH is 5. The first-order valence-electron chi connectivity index (χ1n) is 5.24. The molecule has 1 unspecified atom stereocenters. The largest absolute Gasteiger partial charge is 0.395 e. The van der Waals surface area contributed by atoms with Gasteiger partial charge in [0.15, 0.2) is 0 Å². The molecule has 0 radical (unpaired) electrons. The molecule has 0 amide bonds. The fraction of sp³-hybridized carbons (Fsp3) is 0.800. The molecule has 0 bridgehead atoms. The summed E-state index contributed by atoms with van der Waals surface area (Å²) in [6.07, 6.45) is -1.99. The zero-order valence-corrected chi connectivity index (χ0v) is 9.14. The quantitative estimate of drug-likeness (QED) is 0.349. The SMILES string of the molecule is C/C=C/CN1C(O)[C@H](O)[C@@H](O)[C@H](O)[C@H]1CO. The molecule has 0 spiro atoms. The van der Waals surface area contributed by atoms with Gasteiger partial charge in [0, 0.05) is 6.54 Å². The molecule has 1 saturated heterocycles. The van der Waals surface area contributed by atoms with Crippen LogP contribution >= 0.6 is 0 Å².